The minimum absolute atomic E-state index is 0.0722. The lowest BCUT2D eigenvalue weighted by Gasteiger charge is -2.25. The Morgan fingerprint density at radius 3 is 2.21 bits per heavy atom. The van der Waals surface area contributed by atoms with Crippen LogP contribution in [-0.2, 0) is 9.59 Å². The molecule has 5 heteroatoms. The van der Waals surface area contributed by atoms with Gasteiger partial charge in [-0.3, -0.25) is 19.5 Å². The van der Waals surface area contributed by atoms with E-state index < -0.39 is 17.7 Å². The van der Waals surface area contributed by atoms with Crippen molar-refractivity contribution in [3.8, 4) is 0 Å². The number of hydrogen-bond acceptors (Lipinski definition) is 4. The lowest BCUT2D eigenvalue weighted by molar-refractivity contribution is -0.132. The van der Waals surface area contributed by atoms with E-state index >= 15 is 0 Å². The Kier molecular flexibility index (Phi) is 4.49. The van der Waals surface area contributed by atoms with Crippen molar-refractivity contribution in [2.75, 3.05) is 4.90 Å². The van der Waals surface area contributed by atoms with Crippen molar-refractivity contribution >= 4 is 23.1 Å². The fraction of sp³-hybridized carbons (Fsp3) is 0.0870. The minimum Gasteiger partial charge on any atom is -0.507 e. The molecule has 0 radical (unpaired) electrons. The number of aryl methyl sites for hydroxylation is 1. The Balaban J connectivity index is 1.94. The minimum atomic E-state index is -0.711. The quantitative estimate of drug-likeness (QED) is 0.429. The van der Waals surface area contributed by atoms with Crippen LogP contribution in [0.3, 0.4) is 0 Å². The van der Waals surface area contributed by atoms with Crippen molar-refractivity contribution in [1.29, 1.82) is 0 Å². The fourth-order valence-electron chi connectivity index (χ4n) is 3.42. The molecule has 1 amide bonds. The van der Waals surface area contributed by atoms with Crippen LogP contribution in [0.25, 0.3) is 5.76 Å². The summed E-state index contributed by atoms with van der Waals surface area (Å²) in [4.78, 5) is 31.3. The van der Waals surface area contributed by atoms with E-state index in [1.54, 1.807) is 12.1 Å². The van der Waals surface area contributed by atoms with Crippen molar-refractivity contribution < 1.29 is 14.7 Å². The maximum absolute atomic E-state index is 12.9. The molecule has 1 saturated heterocycles. The van der Waals surface area contributed by atoms with Crippen molar-refractivity contribution in [3.63, 3.8) is 0 Å². The molecule has 1 fully saturated rings. The third-order valence-electron chi connectivity index (χ3n) is 4.83. The molecule has 28 heavy (non-hydrogen) atoms. The number of rotatable bonds is 3. The van der Waals surface area contributed by atoms with Gasteiger partial charge in [-0.15, -0.1) is 0 Å². The molecule has 5 nitrogen and oxygen atoms in total. The monoisotopic (exact) mass is 370 g/mol. The lowest BCUT2D eigenvalue weighted by Crippen LogP contribution is -2.29. The third kappa shape index (κ3) is 2.97. The van der Waals surface area contributed by atoms with E-state index in [0.29, 0.717) is 11.3 Å². The highest BCUT2D eigenvalue weighted by Crippen LogP contribution is 2.41. The van der Waals surface area contributed by atoms with Crippen LogP contribution in [0.2, 0.25) is 0 Å². The number of carbonyl (C=O) groups is 2. The highest BCUT2D eigenvalue weighted by molar-refractivity contribution is 6.51. The molecule has 0 bridgehead atoms. The predicted octanol–water partition coefficient (Wildman–Crippen LogP) is 4.02. The molecule has 1 atom stereocenters. The molecule has 4 rings (SSSR count). The van der Waals surface area contributed by atoms with E-state index in [2.05, 4.69) is 4.98 Å². The van der Waals surface area contributed by atoms with E-state index in [1.165, 1.54) is 17.3 Å². The summed E-state index contributed by atoms with van der Waals surface area (Å²) in [6.45, 7) is 1.95. The van der Waals surface area contributed by atoms with Gasteiger partial charge in [-0.1, -0.05) is 48.0 Å². The van der Waals surface area contributed by atoms with E-state index in [1.807, 2.05) is 61.5 Å². The van der Waals surface area contributed by atoms with Gasteiger partial charge in [-0.05, 0) is 36.8 Å². The van der Waals surface area contributed by atoms with Crippen LogP contribution in [0.15, 0.2) is 84.7 Å². The molecule has 1 N–H and O–H groups in total. The first kappa shape index (κ1) is 17.7. The zero-order valence-electron chi connectivity index (χ0n) is 15.2. The normalized spacial score (nSPS) is 18.5. The number of nitrogens with zero attached hydrogens (tertiary/aromatic N) is 2. The van der Waals surface area contributed by atoms with Crippen molar-refractivity contribution in [2.24, 2.45) is 0 Å². The Morgan fingerprint density at radius 2 is 1.57 bits per heavy atom. The predicted molar refractivity (Wildman–Crippen MR) is 107 cm³/mol. The Morgan fingerprint density at radius 1 is 0.929 bits per heavy atom. The standard InChI is InChI=1S/C23H18N2O3/c1-15-7-9-18(10-8-15)25-20(16-5-3-2-4-6-16)19(22(27)23(25)28)21(26)17-11-13-24-14-12-17/h2-14,20,26H,1H3/b21-19-. The van der Waals surface area contributed by atoms with Crippen LogP contribution in [0.5, 0.6) is 0 Å². The maximum Gasteiger partial charge on any atom is 0.300 e. The van der Waals surface area contributed by atoms with Gasteiger partial charge in [0.2, 0.25) is 0 Å². The van der Waals surface area contributed by atoms with Crippen molar-refractivity contribution in [3.05, 3.63) is 101 Å². The number of hydrogen-bond donors (Lipinski definition) is 1. The summed E-state index contributed by atoms with van der Waals surface area (Å²) in [5.41, 5.74) is 2.92. The highest BCUT2D eigenvalue weighted by Gasteiger charge is 2.46. The lowest BCUT2D eigenvalue weighted by atomic mass is 9.95. The van der Waals surface area contributed by atoms with Gasteiger partial charge in [0.15, 0.2) is 0 Å². The number of carbonyl (C=O) groups excluding carboxylic acids is 2. The number of pyridine rings is 1. The summed E-state index contributed by atoms with van der Waals surface area (Å²) >= 11 is 0. The topological polar surface area (TPSA) is 70.5 Å². The number of aromatic nitrogens is 1. The molecule has 1 aliphatic rings. The van der Waals surface area contributed by atoms with Crippen LogP contribution >= 0.6 is 0 Å². The molecule has 1 unspecified atom stereocenters. The van der Waals surface area contributed by atoms with Crippen LogP contribution in [0.1, 0.15) is 22.7 Å². The van der Waals surface area contributed by atoms with Gasteiger partial charge in [-0.2, -0.15) is 0 Å². The molecule has 0 spiro atoms. The zero-order chi connectivity index (χ0) is 19.7. The molecule has 1 aliphatic heterocycles. The second-order valence-electron chi connectivity index (χ2n) is 6.65. The van der Waals surface area contributed by atoms with Crippen LogP contribution < -0.4 is 4.90 Å². The van der Waals surface area contributed by atoms with Gasteiger partial charge in [-0.25, -0.2) is 0 Å². The summed E-state index contributed by atoms with van der Waals surface area (Å²) in [5.74, 6) is -1.57. The molecule has 138 valence electrons. The molecule has 1 aromatic heterocycles. The molecule has 0 saturated carbocycles. The van der Waals surface area contributed by atoms with Gasteiger partial charge in [0.05, 0.1) is 11.6 Å². The first-order valence-corrected chi connectivity index (χ1v) is 8.91. The first-order chi connectivity index (χ1) is 13.6. The Labute approximate surface area is 162 Å². The molecule has 0 aliphatic carbocycles. The van der Waals surface area contributed by atoms with E-state index in [0.717, 1.165) is 11.1 Å². The number of ketones is 1. The number of benzene rings is 2. The summed E-state index contributed by atoms with van der Waals surface area (Å²) in [6.07, 6.45) is 3.06. The van der Waals surface area contributed by atoms with E-state index in [-0.39, 0.29) is 11.3 Å². The van der Waals surface area contributed by atoms with Crippen molar-refractivity contribution in [2.45, 2.75) is 13.0 Å². The SMILES string of the molecule is Cc1ccc(N2C(=O)C(=O)/C(=C(\O)c3ccncc3)C2c2ccccc2)cc1. The van der Waals surface area contributed by atoms with E-state index in [9.17, 15) is 14.7 Å². The highest BCUT2D eigenvalue weighted by atomic mass is 16.3. The van der Waals surface area contributed by atoms with Gasteiger partial charge < -0.3 is 5.11 Å². The Hall–Kier alpha value is -3.73. The first-order valence-electron chi connectivity index (χ1n) is 8.91. The van der Waals surface area contributed by atoms with Gasteiger partial charge >= 0.3 is 0 Å². The second-order valence-corrected chi connectivity index (χ2v) is 6.65. The molecular formula is C23H18N2O3. The van der Waals surface area contributed by atoms with Gasteiger partial charge in [0.1, 0.15) is 5.76 Å². The number of Topliss-reactive ketones (excluding diaryl/α,β-unsaturated/α-hetero) is 1. The molecule has 2 aromatic carbocycles. The average molecular weight is 370 g/mol. The average Bonchev–Trinajstić information content (AvgIpc) is 3.00. The fourth-order valence-corrected chi connectivity index (χ4v) is 3.42. The number of anilines is 1. The summed E-state index contributed by atoms with van der Waals surface area (Å²) in [6, 6.07) is 19.1. The largest absolute Gasteiger partial charge is 0.507 e. The summed E-state index contributed by atoms with van der Waals surface area (Å²) in [7, 11) is 0. The number of aliphatic hydroxyl groups is 1. The molecular weight excluding hydrogens is 352 g/mol. The number of amides is 1. The van der Waals surface area contributed by atoms with Crippen LogP contribution in [0, 0.1) is 6.92 Å². The van der Waals surface area contributed by atoms with Crippen LogP contribution in [0.4, 0.5) is 5.69 Å². The molecule has 3 aromatic rings. The van der Waals surface area contributed by atoms with Crippen molar-refractivity contribution in [1.82, 2.24) is 4.98 Å². The second kappa shape index (κ2) is 7.12. The smallest absolute Gasteiger partial charge is 0.300 e. The molecule has 2 heterocycles. The maximum atomic E-state index is 12.9. The van der Waals surface area contributed by atoms with Crippen LogP contribution in [-0.4, -0.2) is 21.8 Å². The van der Waals surface area contributed by atoms with Gasteiger partial charge in [0.25, 0.3) is 11.7 Å². The number of aliphatic hydroxyl groups excluding tert-OH is 1. The summed E-state index contributed by atoms with van der Waals surface area (Å²) in [5, 5.41) is 10.9. The Bertz CT molecular complexity index is 1060. The third-order valence-corrected chi connectivity index (χ3v) is 4.83. The van der Waals surface area contributed by atoms with Gasteiger partial charge in [0, 0.05) is 23.6 Å². The van der Waals surface area contributed by atoms with E-state index in [4.69, 9.17) is 0 Å². The summed E-state index contributed by atoms with van der Waals surface area (Å²) < 4.78 is 0. The zero-order valence-corrected chi connectivity index (χ0v) is 15.2.